The van der Waals surface area contributed by atoms with Crippen molar-refractivity contribution < 1.29 is 17.8 Å². The molecule has 0 saturated carbocycles. The summed E-state index contributed by atoms with van der Waals surface area (Å²) in [5.41, 5.74) is 0.556. The standard InChI is InChI=1S/C11H9NO4S/c13-7-12-9-4-5-10-8(6-9)2-1-3-11(10)17(14,15)16/h1-7H,(H,12,13)(H,14,15,16). The Balaban J connectivity index is 2.71. The molecule has 0 unspecified atom stereocenters. The predicted octanol–water partition coefficient (Wildman–Crippen LogP) is 1.65. The van der Waals surface area contributed by atoms with Crippen molar-refractivity contribution in [1.29, 1.82) is 0 Å². The molecule has 0 aliphatic heterocycles. The van der Waals surface area contributed by atoms with Crippen LogP contribution in [0, 0.1) is 0 Å². The van der Waals surface area contributed by atoms with Crippen LogP contribution >= 0.6 is 0 Å². The van der Waals surface area contributed by atoms with Crippen molar-refractivity contribution in [1.82, 2.24) is 0 Å². The number of carbonyl (C=O) groups is 1. The van der Waals surface area contributed by atoms with Crippen LogP contribution in [0.25, 0.3) is 10.8 Å². The highest BCUT2D eigenvalue weighted by Crippen LogP contribution is 2.25. The summed E-state index contributed by atoms with van der Waals surface area (Å²) in [4.78, 5) is 10.1. The lowest BCUT2D eigenvalue weighted by atomic mass is 10.1. The number of rotatable bonds is 3. The molecule has 0 bridgehead atoms. The molecule has 88 valence electrons. The largest absolute Gasteiger partial charge is 0.329 e. The van der Waals surface area contributed by atoms with Crippen molar-refractivity contribution in [2.45, 2.75) is 4.90 Å². The Kier molecular flexibility index (Phi) is 2.83. The van der Waals surface area contributed by atoms with Gasteiger partial charge >= 0.3 is 0 Å². The summed E-state index contributed by atoms with van der Waals surface area (Å²) in [5.74, 6) is 0. The van der Waals surface area contributed by atoms with Crippen LogP contribution < -0.4 is 5.32 Å². The fraction of sp³-hybridized carbons (Fsp3) is 0. The van der Waals surface area contributed by atoms with E-state index < -0.39 is 10.1 Å². The maximum atomic E-state index is 11.1. The van der Waals surface area contributed by atoms with Crippen molar-refractivity contribution in [3.8, 4) is 0 Å². The van der Waals surface area contributed by atoms with E-state index in [9.17, 15) is 13.2 Å². The van der Waals surface area contributed by atoms with Gasteiger partial charge in [0.05, 0.1) is 0 Å². The van der Waals surface area contributed by atoms with Gasteiger partial charge < -0.3 is 5.32 Å². The van der Waals surface area contributed by atoms with Gasteiger partial charge in [-0.15, -0.1) is 0 Å². The van der Waals surface area contributed by atoms with Crippen molar-refractivity contribution in [3.05, 3.63) is 36.4 Å². The van der Waals surface area contributed by atoms with E-state index in [1.165, 1.54) is 18.2 Å². The third-order valence-corrected chi connectivity index (χ3v) is 3.26. The number of fused-ring (bicyclic) bond motifs is 1. The Bertz CT molecular complexity index is 679. The zero-order valence-electron chi connectivity index (χ0n) is 8.62. The third-order valence-electron chi connectivity index (χ3n) is 2.34. The van der Waals surface area contributed by atoms with Crippen LogP contribution in [0.1, 0.15) is 0 Å². The Morgan fingerprint density at radius 1 is 1.18 bits per heavy atom. The quantitative estimate of drug-likeness (QED) is 0.641. The van der Waals surface area contributed by atoms with Gasteiger partial charge in [0.1, 0.15) is 4.90 Å². The SMILES string of the molecule is O=CNc1ccc2c(S(=O)(=O)O)cccc2c1. The first kappa shape index (κ1) is 11.6. The average Bonchev–Trinajstić information content (AvgIpc) is 2.27. The fourth-order valence-electron chi connectivity index (χ4n) is 1.64. The van der Waals surface area contributed by atoms with Gasteiger partial charge in [0.2, 0.25) is 6.41 Å². The zero-order valence-corrected chi connectivity index (χ0v) is 9.44. The molecule has 0 saturated heterocycles. The number of benzene rings is 2. The second-order valence-electron chi connectivity index (χ2n) is 3.43. The molecular formula is C11H9NO4S. The summed E-state index contributed by atoms with van der Waals surface area (Å²) in [7, 11) is -4.24. The molecule has 2 rings (SSSR count). The molecule has 0 atom stereocenters. The van der Waals surface area contributed by atoms with E-state index in [2.05, 4.69) is 5.32 Å². The van der Waals surface area contributed by atoms with E-state index in [-0.39, 0.29) is 4.90 Å². The first-order valence-electron chi connectivity index (χ1n) is 4.73. The minimum atomic E-state index is -4.24. The third kappa shape index (κ3) is 2.27. The maximum Gasteiger partial charge on any atom is 0.295 e. The zero-order chi connectivity index (χ0) is 12.5. The molecule has 0 aromatic heterocycles. The van der Waals surface area contributed by atoms with Crippen LogP contribution in [-0.2, 0) is 14.9 Å². The van der Waals surface area contributed by atoms with E-state index in [1.54, 1.807) is 18.2 Å². The summed E-state index contributed by atoms with van der Waals surface area (Å²) in [5, 5.41) is 3.49. The van der Waals surface area contributed by atoms with E-state index >= 15 is 0 Å². The van der Waals surface area contributed by atoms with E-state index in [0.29, 0.717) is 22.9 Å². The summed E-state index contributed by atoms with van der Waals surface area (Å²) < 4.78 is 31.3. The molecule has 0 heterocycles. The molecule has 6 heteroatoms. The molecule has 1 amide bonds. The van der Waals surface area contributed by atoms with Gasteiger partial charge in [-0.1, -0.05) is 18.2 Å². The van der Waals surface area contributed by atoms with Crippen LogP contribution in [-0.4, -0.2) is 19.4 Å². The van der Waals surface area contributed by atoms with Gasteiger partial charge in [-0.25, -0.2) is 0 Å². The number of hydrogen-bond acceptors (Lipinski definition) is 3. The lowest BCUT2D eigenvalue weighted by Crippen LogP contribution is -1.99. The molecule has 0 aliphatic rings. The minimum absolute atomic E-state index is 0.146. The normalized spacial score (nSPS) is 11.4. The van der Waals surface area contributed by atoms with Crippen LogP contribution in [0.2, 0.25) is 0 Å². The molecule has 2 N–H and O–H groups in total. The summed E-state index contributed by atoms with van der Waals surface area (Å²) in [6.45, 7) is 0. The number of nitrogens with one attached hydrogen (secondary N) is 1. The number of carbonyl (C=O) groups excluding carboxylic acids is 1. The Labute approximate surface area is 97.8 Å². The first-order chi connectivity index (χ1) is 8.02. The lowest BCUT2D eigenvalue weighted by molar-refractivity contribution is -0.105. The van der Waals surface area contributed by atoms with Crippen LogP contribution in [0.4, 0.5) is 5.69 Å². The molecule has 5 nitrogen and oxygen atoms in total. The minimum Gasteiger partial charge on any atom is -0.329 e. The van der Waals surface area contributed by atoms with E-state index in [4.69, 9.17) is 4.55 Å². The van der Waals surface area contributed by atoms with Gasteiger partial charge in [-0.2, -0.15) is 8.42 Å². The number of anilines is 1. The van der Waals surface area contributed by atoms with Crippen molar-refractivity contribution >= 4 is 33.0 Å². The first-order valence-corrected chi connectivity index (χ1v) is 6.17. The molecular weight excluding hydrogens is 242 g/mol. The van der Waals surface area contributed by atoms with Crippen molar-refractivity contribution in [2.24, 2.45) is 0 Å². The lowest BCUT2D eigenvalue weighted by Gasteiger charge is -2.05. The van der Waals surface area contributed by atoms with Crippen LogP contribution in [0.15, 0.2) is 41.3 Å². The second kappa shape index (κ2) is 4.15. The highest BCUT2D eigenvalue weighted by Gasteiger charge is 2.13. The smallest absolute Gasteiger partial charge is 0.295 e. The summed E-state index contributed by atoms with van der Waals surface area (Å²) in [6.07, 6.45) is 0.536. The fourth-order valence-corrected chi connectivity index (χ4v) is 2.35. The van der Waals surface area contributed by atoms with Gasteiger partial charge in [-0.05, 0) is 23.6 Å². The monoisotopic (exact) mass is 251 g/mol. The average molecular weight is 251 g/mol. The Morgan fingerprint density at radius 2 is 1.94 bits per heavy atom. The van der Waals surface area contributed by atoms with Gasteiger partial charge in [-0.3, -0.25) is 9.35 Å². The molecule has 0 spiro atoms. The van der Waals surface area contributed by atoms with Crippen molar-refractivity contribution in [3.63, 3.8) is 0 Å². The Morgan fingerprint density at radius 3 is 2.59 bits per heavy atom. The highest BCUT2D eigenvalue weighted by atomic mass is 32.2. The predicted molar refractivity (Wildman–Crippen MR) is 63.4 cm³/mol. The van der Waals surface area contributed by atoms with Gasteiger partial charge in [0.25, 0.3) is 10.1 Å². The molecule has 0 aliphatic carbocycles. The van der Waals surface area contributed by atoms with Gasteiger partial charge in [0.15, 0.2) is 0 Å². The van der Waals surface area contributed by atoms with E-state index in [1.807, 2.05) is 0 Å². The van der Waals surface area contributed by atoms with Gasteiger partial charge in [0, 0.05) is 11.1 Å². The molecule has 17 heavy (non-hydrogen) atoms. The topological polar surface area (TPSA) is 83.5 Å². The summed E-state index contributed by atoms with van der Waals surface area (Å²) >= 11 is 0. The maximum absolute atomic E-state index is 11.1. The number of amides is 1. The highest BCUT2D eigenvalue weighted by molar-refractivity contribution is 7.86. The molecule has 0 fully saturated rings. The van der Waals surface area contributed by atoms with Crippen LogP contribution in [0.5, 0.6) is 0 Å². The second-order valence-corrected chi connectivity index (χ2v) is 4.82. The van der Waals surface area contributed by atoms with Crippen molar-refractivity contribution in [2.75, 3.05) is 5.32 Å². The van der Waals surface area contributed by atoms with E-state index in [0.717, 1.165) is 0 Å². The molecule has 0 radical (unpaired) electrons. The Hall–Kier alpha value is -1.92. The molecule has 2 aromatic carbocycles. The number of hydrogen-bond donors (Lipinski definition) is 2. The summed E-state index contributed by atoms with van der Waals surface area (Å²) in [6, 6.07) is 9.26. The van der Waals surface area contributed by atoms with Crippen LogP contribution in [0.3, 0.4) is 0 Å². The molecule has 2 aromatic rings.